The van der Waals surface area contributed by atoms with Crippen molar-refractivity contribution in [3.63, 3.8) is 0 Å². The van der Waals surface area contributed by atoms with E-state index in [2.05, 4.69) is 4.90 Å². The first-order chi connectivity index (χ1) is 15.1. The molecule has 0 spiro atoms. The molecule has 4 aromatic rings. The van der Waals surface area contributed by atoms with Crippen LogP contribution in [-0.4, -0.2) is 41.6 Å². The number of nitrogens with zero attached hydrogens (tertiary/aromatic N) is 3. The highest BCUT2D eigenvalue weighted by Gasteiger charge is 2.26. The number of piperazine rings is 1. The Morgan fingerprint density at radius 2 is 1.71 bits per heavy atom. The number of carbonyl (C=O) groups is 1. The fourth-order valence-electron chi connectivity index (χ4n) is 4.39. The lowest BCUT2D eigenvalue weighted by Crippen LogP contribution is -2.49. The number of fused-ring (bicyclic) bond motifs is 3. The zero-order valence-electron chi connectivity index (χ0n) is 17.2. The Kier molecular flexibility index (Phi) is 4.73. The predicted molar refractivity (Wildman–Crippen MR) is 118 cm³/mol. The smallest absolute Gasteiger partial charge is 0.345 e. The Bertz CT molecular complexity index is 1330. The van der Waals surface area contributed by atoms with Crippen LogP contribution < -0.4 is 10.5 Å². The number of aromatic nitrogens is 1. The minimum Gasteiger partial charge on any atom is -0.422 e. The minimum atomic E-state index is -0.434. The molecule has 3 heterocycles. The van der Waals surface area contributed by atoms with E-state index in [9.17, 15) is 14.0 Å². The molecule has 1 aliphatic heterocycles. The van der Waals surface area contributed by atoms with Gasteiger partial charge in [-0.05, 0) is 49.4 Å². The van der Waals surface area contributed by atoms with Gasteiger partial charge in [-0.15, -0.1) is 0 Å². The van der Waals surface area contributed by atoms with Crippen molar-refractivity contribution in [2.75, 3.05) is 31.1 Å². The predicted octanol–water partition coefficient (Wildman–Crippen LogP) is 3.87. The molecule has 2 aromatic heterocycles. The molecule has 0 unspecified atom stereocenters. The first-order valence-corrected chi connectivity index (χ1v) is 10.4. The third-order valence-electron chi connectivity index (χ3n) is 5.96. The van der Waals surface area contributed by atoms with Gasteiger partial charge in [0.25, 0.3) is 5.91 Å². The van der Waals surface area contributed by atoms with Crippen molar-refractivity contribution in [3.8, 4) is 0 Å². The molecule has 31 heavy (non-hydrogen) atoms. The van der Waals surface area contributed by atoms with E-state index in [4.69, 9.17) is 4.42 Å². The van der Waals surface area contributed by atoms with Crippen molar-refractivity contribution in [2.24, 2.45) is 0 Å². The Labute approximate surface area is 178 Å². The van der Waals surface area contributed by atoms with Crippen LogP contribution in [0, 0.1) is 5.82 Å². The summed E-state index contributed by atoms with van der Waals surface area (Å²) in [6.45, 7) is 4.96. The topological polar surface area (TPSA) is 58.7 Å². The average molecular weight is 419 g/mol. The Hall–Kier alpha value is -3.61. The van der Waals surface area contributed by atoms with Gasteiger partial charge in [0.05, 0.1) is 10.9 Å². The van der Waals surface area contributed by atoms with Crippen LogP contribution in [0.4, 0.5) is 10.1 Å². The monoisotopic (exact) mass is 419 g/mol. The van der Waals surface area contributed by atoms with Gasteiger partial charge in [-0.3, -0.25) is 4.79 Å². The largest absolute Gasteiger partial charge is 0.422 e. The molecule has 1 aliphatic rings. The molecule has 1 saturated heterocycles. The van der Waals surface area contributed by atoms with Crippen LogP contribution in [0.2, 0.25) is 0 Å². The number of hydrogen-bond acceptors (Lipinski definition) is 4. The summed E-state index contributed by atoms with van der Waals surface area (Å²) in [4.78, 5) is 29.9. The van der Waals surface area contributed by atoms with Crippen LogP contribution in [0.3, 0.4) is 0 Å². The summed E-state index contributed by atoms with van der Waals surface area (Å²) < 4.78 is 20.6. The fourth-order valence-corrected chi connectivity index (χ4v) is 4.39. The van der Waals surface area contributed by atoms with Crippen LogP contribution in [0.5, 0.6) is 0 Å². The molecule has 0 N–H and O–H groups in total. The molecule has 0 aliphatic carbocycles. The normalized spacial score (nSPS) is 14.5. The molecule has 0 radical (unpaired) electrons. The number of carbonyl (C=O) groups excluding carboxylic acids is 1. The lowest BCUT2D eigenvalue weighted by atomic mass is 10.2. The third kappa shape index (κ3) is 3.26. The fraction of sp³-hybridized carbons (Fsp3) is 0.250. The van der Waals surface area contributed by atoms with Gasteiger partial charge in [0, 0.05) is 43.8 Å². The molecule has 6 nitrogen and oxygen atoms in total. The van der Waals surface area contributed by atoms with Crippen molar-refractivity contribution in [2.45, 2.75) is 13.5 Å². The molecular weight excluding hydrogens is 397 g/mol. The van der Waals surface area contributed by atoms with E-state index in [-0.39, 0.29) is 11.7 Å². The lowest BCUT2D eigenvalue weighted by Gasteiger charge is -2.36. The van der Waals surface area contributed by atoms with Crippen LogP contribution in [-0.2, 0) is 6.54 Å². The first kappa shape index (κ1) is 19.4. The van der Waals surface area contributed by atoms with Crippen molar-refractivity contribution < 1.29 is 13.6 Å². The number of halogens is 1. The number of rotatable bonds is 3. The van der Waals surface area contributed by atoms with E-state index < -0.39 is 5.63 Å². The standard InChI is InChI=1S/C24H22FN3O3/c1-2-28-20(15-19-22(28)18-5-3-4-6-21(18)31-24(19)30)23(29)27-13-11-26(12-14-27)17-9-7-16(25)8-10-17/h3-10,15H,2,11-14H2,1H3. The maximum atomic E-state index is 13.4. The van der Waals surface area contributed by atoms with Crippen LogP contribution in [0.1, 0.15) is 17.4 Å². The minimum absolute atomic E-state index is 0.0970. The van der Waals surface area contributed by atoms with E-state index in [0.29, 0.717) is 49.4 Å². The molecule has 5 rings (SSSR count). The quantitative estimate of drug-likeness (QED) is 0.473. The molecular formula is C24H22FN3O3. The van der Waals surface area contributed by atoms with Gasteiger partial charge in [0.2, 0.25) is 0 Å². The van der Waals surface area contributed by atoms with E-state index in [0.717, 1.165) is 16.6 Å². The first-order valence-electron chi connectivity index (χ1n) is 10.4. The second kappa shape index (κ2) is 7.58. The van der Waals surface area contributed by atoms with Gasteiger partial charge in [-0.2, -0.15) is 0 Å². The lowest BCUT2D eigenvalue weighted by molar-refractivity contribution is 0.0736. The maximum Gasteiger partial charge on any atom is 0.345 e. The molecule has 2 aromatic carbocycles. The van der Waals surface area contributed by atoms with Gasteiger partial charge >= 0.3 is 5.63 Å². The third-order valence-corrected chi connectivity index (χ3v) is 5.96. The highest BCUT2D eigenvalue weighted by Crippen LogP contribution is 2.27. The SMILES string of the molecule is CCn1c(C(=O)N2CCN(c3ccc(F)cc3)CC2)cc2c(=O)oc3ccccc3c21. The van der Waals surface area contributed by atoms with Crippen LogP contribution in [0.15, 0.2) is 63.8 Å². The summed E-state index contributed by atoms with van der Waals surface area (Å²) >= 11 is 0. The highest BCUT2D eigenvalue weighted by atomic mass is 19.1. The summed E-state index contributed by atoms with van der Waals surface area (Å²) in [5.41, 5.74) is 2.26. The average Bonchev–Trinajstić information content (AvgIpc) is 3.20. The Morgan fingerprint density at radius 3 is 2.42 bits per heavy atom. The summed E-state index contributed by atoms with van der Waals surface area (Å²) in [7, 11) is 0. The van der Waals surface area contributed by atoms with E-state index in [1.165, 1.54) is 12.1 Å². The Balaban J connectivity index is 1.46. The molecule has 0 bridgehead atoms. The van der Waals surface area contributed by atoms with Crippen molar-refractivity contribution in [3.05, 3.63) is 76.5 Å². The van der Waals surface area contributed by atoms with Crippen molar-refractivity contribution >= 4 is 33.5 Å². The van der Waals surface area contributed by atoms with E-state index in [1.54, 1.807) is 24.3 Å². The summed E-state index contributed by atoms with van der Waals surface area (Å²) in [6.07, 6.45) is 0. The van der Waals surface area contributed by atoms with Gasteiger partial charge in [0.1, 0.15) is 17.1 Å². The Morgan fingerprint density at radius 1 is 1.00 bits per heavy atom. The molecule has 0 atom stereocenters. The molecule has 7 heteroatoms. The molecule has 0 saturated carbocycles. The van der Waals surface area contributed by atoms with Gasteiger partial charge in [-0.1, -0.05) is 12.1 Å². The summed E-state index contributed by atoms with van der Waals surface area (Å²) in [6, 6.07) is 15.4. The van der Waals surface area contributed by atoms with E-state index >= 15 is 0 Å². The number of anilines is 1. The number of para-hydroxylation sites is 1. The molecule has 1 fully saturated rings. The van der Waals surface area contributed by atoms with Gasteiger partial charge < -0.3 is 18.8 Å². The zero-order chi connectivity index (χ0) is 21.5. The maximum absolute atomic E-state index is 13.4. The summed E-state index contributed by atoms with van der Waals surface area (Å²) in [5, 5.41) is 1.24. The van der Waals surface area contributed by atoms with Crippen molar-refractivity contribution in [1.82, 2.24) is 9.47 Å². The number of benzene rings is 2. The zero-order valence-corrected chi connectivity index (χ0v) is 17.2. The number of aryl methyl sites for hydroxylation is 1. The molecule has 158 valence electrons. The van der Waals surface area contributed by atoms with Gasteiger partial charge in [0.15, 0.2) is 0 Å². The number of hydrogen-bond donors (Lipinski definition) is 0. The van der Waals surface area contributed by atoms with E-state index in [1.807, 2.05) is 34.6 Å². The van der Waals surface area contributed by atoms with Gasteiger partial charge in [-0.25, -0.2) is 9.18 Å². The second-order valence-electron chi connectivity index (χ2n) is 7.68. The van der Waals surface area contributed by atoms with Crippen LogP contribution in [0.25, 0.3) is 21.9 Å². The number of amides is 1. The van der Waals surface area contributed by atoms with Crippen molar-refractivity contribution in [1.29, 1.82) is 0 Å². The molecule has 1 amide bonds. The van der Waals surface area contributed by atoms with Crippen LogP contribution >= 0.6 is 0 Å². The second-order valence-corrected chi connectivity index (χ2v) is 7.68. The highest BCUT2D eigenvalue weighted by molar-refractivity contribution is 6.07. The summed E-state index contributed by atoms with van der Waals surface area (Å²) in [5.74, 6) is -0.359.